The van der Waals surface area contributed by atoms with Gasteiger partial charge in [-0.3, -0.25) is 14.4 Å². The number of carbonyl (C=O) groups is 1. The Hall–Kier alpha value is -1.85. The molecule has 0 unspecified atom stereocenters. The van der Waals surface area contributed by atoms with E-state index in [0.29, 0.717) is 23.8 Å². The minimum atomic E-state index is -0.0882. The lowest BCUT2D eigenvalue weighted by molar-refractivity contribution is -0.117. The third kappa shape index (κ3) is 3.87. The lowest BCUT2D eigenvalue weighted by Crippen LogP contribution is -2.30. The van der Waals surface area contributed by atoms with Gasteiger partial charge >= 0.3 is 0 Å². The van der Waals surface area contributed by atoms with Crippen LogP contribution >= 0.6 is 11.6 Å². The fraction of sp³-hybridized carbons (Fsp3) is 0.375. The van der Waals surface area contributed by atoms with Crippen molar-refractivity contribution in [2.45, 2.75) is 20.4 Å². The summed E-state index contributed by atoms with van der Waals surface area (Å²) in [6, 6.07) is 7.21. The largest absolute Gasteiger partial charge is 0.324 e. The van der Waals surface area contributed by atoms with Crippen LogP contribution in [0.5, 0.6) is 0 Å². The highest BCUT2D eigenvalue weighted by atomic mass is 35.5. The zero-order valence-corrected chi connectivity index (χ0v) is 14.1. The van der Waals surface area contributed by atoms with Crippen LogP contribution in [-0.2, 0) is 18.4 Å². The van der Waals surface area contributed by atoms with Gasteiger partial charge in [0.25, 0.3) is 0 Å². The number of amides is 1. The minimum Gasteiger partial charge on any atom is -0.324 e. The van der Waals surface area contributed by atoms with Crippen molar-refractivity contribution < 1.29 is 4.79 Å². The molecular weight excluding hydrogens is 300 g/mol. The Balaban J connectivity index is 1.96. The highest BCUT2D eigenvalue weighted by Gasteiger charge is 2.14. The second kappa shape index (κ2) is 6.94. The maximum Gasteiger partial charge on any atom is 0.238 e. The SMILES string of the molecule is Cc1nn(C)c(C)c1CN(C)CC(=O)Nc1ccccc1Cl. The Morgan fingerprint density at radius 3 is 2.64 bits per heavy atom. The van der Waals surface area contributed by atoms with Gasteiger partial charge < -0.3 is 5.32 Å². The number of nitrogens with one attached hydrogen (secondary N) is 1. The summed E-state index contributed by atoms with van der Waals surface area (Å²) in [4.78, 5) is 14.1. The quantitative estimate of drug-likeness (QED) is 0.921. The van der Waals surface area contributed by atoms with Crippen LogP contribution in [-0.4, -0.2) is 34.2 Å². The van der Waals surface area contributed by atoms with Gasteiger partial charge in [-0.15, -0.1) is 0 Å². The molecule has 0 atom stereocenters. The standard InChI is InChI=1S/C16H21ClN4O/c1-11-13(12(2)21(4)19-11)9-20(3)10-16(22)18-15-8-6-5-7-14(15)17/h5-8H,9-10H2,1-4H3,(H,18,22). The van der Waals surface area contributed by atoms with Crippen LogP contribution in [0, 0.1) is 13.8 Å². The minimum absolute atomic E-state index is 0.0882. The molecule has 22 heavy (non-hydrogen) atoms. The van der Waals surface area contributed by atoms with Gasteiger partial charge in [0, 0.05) is 24.8 Å². The van der Waals surface area contributed by atoms with Crippen LogP contribution < -0.4 is 5.32 Å². The molecule has 0 saturated heterocycles. The average molecular weight is 321 g/mol. The van der Waals surface area contributed by atoms with E-state index < -0.39 is 0 Å². The fourth-order valence-corrected chi connectivity index (χ4v) is 2.55. The summed E-state index contributed by atoms with van der Waals surface area (Å²) in [6.45, 7) is 4.99. The molecule has 118 valence electrons. The van der Waals surface area contributed by atoms with Crippen molar-refractivity contribution in [3.05, 3.63) is 46.2 Å². The molecule has 1 N–H and O–H groups in total. The van der Waals surface area contributed by atoms with Crippen molar-refractivity contribution >= 4 is 23.2 Å². The number of hydrogen-bond donors (Lipinski definition) is 1. The monoisotopic (exact) mass is 320 g/mol. The van der Waals surface area contributed by atoms with E-state index in [-0.39, 0.29) is 5.91 Å². The number of likely N-dealkylation sites (N-methyl/N-ethyl adjacent to an activating group) is 1. The number of hydrogen-bond acceptors (Lipinski definition) is 3. The molecule has 2 aromatic rings. The second-order valence-electron chi connectivity index (χ2n) is 5.47. The summed E-state index contributed by atoms with van der Waals surface area (Å²) >= 11 is 6.04. The van der Waals surface area contributed by atoms with Crippen molar-refractivity contribution in [3.8, 4) is 0 Å². The normalized spacial score (nSPS) is 11.0. The number of para-hydroxylation sites is 1. The maximum atomic E-state index is 12.1. The van der Waals surface area contributed by atoms with Crippen molar-refractivity contribution in [1.29, 1.82) is 0 Å². The molecule has 0 aliphatic heterocycles. The van der Waals surface area contributed by atoms with Crippen LogP contribution in [0.4, 0.5) is 5.69 Å². The molecule has 1 aromatic heterocycles. The van der Waals surface area contributed by atoms with Crippen molar-refractivity contribution in [2.75, 3.05) is 18.9 Å². The average Bonchev–Trinajstić information content (AvgIpc) is 2.68. The van der Waals surface area contributed by atoms with Crippen molar-refractivity contribution in [1.82, 2.24) is 14.7 Å². The molecular formula is C16H21ClN4O. The zero-order chi connectivity index (χ0) is 16.3. The number of carbonyl (C=O) groups excluding carboxylic acids is 1. The van der Waals surface area contributed by atoms with Crippen LogP contribution in [0.15, 0.2) is 24.3 Å². The Bertz CT molecular complexity index is 681. The summed E-state index contributed by atoms with van der Waals surface area (Å²) in [6.07, 6.45) is 0. The van der Waals surface area contributed by atoms with Crippen LogP contribution in [0.1, 0.15) is 17.0 Å². The third-order valence-electron chi connectivity index (χ3n) is 3.65. The van der Waals surface area contributed by atoms with Gasteiger partial charge in [0.1, 0.15) is 0 Å². The lowest BCUT2D eigenvalue weighted by Gasteiger charge is -2.17. The predicted octanol–water partition coefficient (Wildman–Crippen LogP) is 2.76. The summed E-state index contributed by atoms with van der Waals surface area (Å²) in [7, 11) is 3.84. The molecule has 1 aromatic carbocycles. The van der Waals surface area contributed by atoms with Gasteiger partial charge in [-0.05, 0) is 33.0 Å². The number of anilines is 1. The lowest BCUT2D eigenvalue weighted by atomic mass is 10.2. The highest BCUT2D eigenvalue weighted by molar-refractivity contribution is 6.33. The molecule has 2 rings (SSSR count). The van der Waals surface area contributed by atoms with E-state index in [2.05, 4.69) is 10.4 Å². The molecule has 0 spiro atoms. The first-order chi connectivity index (χ1) is 10.4. The molecule has 1 heterocycles. The molecule has 0 aliphatic carbocycles. The topological polar surface area (TPSA) is 50.2 Å². The van der Waals surface area contributed by atoms with E-state index in [1.807, 2.05) is 49.7 Å². The first-order valence-corrected chi connectivity index (χ1v) is 7.48. The van der Waals surface area contributed by atoms with Crippen LogP contribution in [0.25, 0.3) is 0 Å². The molecule has 5 nitrogen and oxygen atoms in total. The molecule has 0 bridgehead atoms. The molecule has 0 radical (unpaired) electrons. The molecule has 0 fully saturated rings. The highest BCUT2D eigenvalue weighted by Crippen LogP contribution is 2.20. The van der Waals surface area contributed by atoms with Gasteiger partial charge in [-0.1, -0.05) is 23.7 Å². The maximum absolute atomic E-state index is 12.1. The third-order valence-corrected chi connectivity index (χ3v) is 3.98. The van der Waals surface area contributed by atoms with Gasteiger partial charge in [0.2, 0.25) is 5.91 Å². The number of aromatic nitrogens is 2. The van der Waals surface area contributed by atoms with E-state index in [4.69, 9.17) is 11.6 Å². The van der Waals surface area contributed by atoms with Crippen LogP contribution in [0.2, 0.25) is 5.02 Å². The fourth-order valence-electron chi connectivity index (χ4n) is 2.37. The number of aryl methyl sites for hydroxylation is 2. The number of nitrogens with zero attached hydrogens (tertiary/aromatic N) is 3. The number of benzene rings is 1. The molecule has 1 amide bonds. The van der Waals surface area contributed by atoms with Gasteiger partial charge in [-0.2, -0.15) is 5.10 Å². The van der Waals surface area contributed by atoms with Crippen molar-refractivity contribution in [3.63, 3.8) is 0 Å². The van der Waals surface area contributed by atoms with Gasteiger partial charge in [0.15, 0.2) is 0 Å². The van der Waals surface area contributed by atoms with E-state index >= 15 is 0 Å². The van der Waals surface area contributed by atoms with E-state index in [9.17, 15) is 4.79 Å². The summed E-state index contributed by atoms with van der Waals surface area (Å²) < 4.78 is 1.86. The summed E-state index contributed by atoms with van der Waals surface area (Å²) in [5, 5.41) is 7.76. The number of halogens is 1. The molecule has 0 aliphatic rings. The summed E-state index contributed by atoms with van der Waals surface area (Å²) in [5.41, 5.74) is 3.92. The number of rotatable bonds is 5. The van der Waals surface area contributed by atoms with Gasteiger partial charge in [-0.25, -0.2) is 0 Å². The smallest absolute Gasteiger partial charge is 0.238 e. The van der Waals surface area contributed by atoms with E-state index in [1.54, 1.807) is 12.1 Å². The van der Waals surface area contributed by atoms with Crippen molar-refractivity contribution in [2.24, 2.45) is 7.05 Å². The van der Waals surface area contributed by atoms with E-state index in [0.717, 1.165) is 17.0 Å². The Morgan fingerprint density at radius 2 is 2.05 bits per heavy atom. The first kappa shape index (κ1) is 16.5. The van der Waals surface area contributed by atoms with E-state index in [1.165, 1.54) is 0 Å². The Labute approximate surface area is 135 Å². The second-order valence-corrected chi connectivity index (χ2v) is 5.88. The first-order valence-electron chi connectivity index (χ1n) is 7.10. The molecule has 6 heteroatoms. The Kier molecular flexibility index (Phi) is 5.21. The van der Waals surface area contributed by atoms with Gasteiger partial charge in [0.05, 0.1) is 22.9 Å². The zero-order valence-electron chi connectivity index (χ0n) is 13.4. The molecule has 0 saturated carbocycles. The predicted molar refractivity (Wildman–Crippen MR) is 89.1 cm³/mol. The Morgan fingerprint density at radius 1 is 1.36 bits per heavy atom. The summed E-state index contributed by atoms with van der Waals surface area (Å²) in [5.74, 6) is -0.0882. The van der Waals surface area contributed by atoms with Crippen LogP contribution in [0.3, 0.4) is 0 Å².